The molecule has 1 saturated heterocycles. The molecule has 1 aliphatic rings. The summed E-state index contributed by atoms with van der Waals surface area (Å²) in [5, 5.41) is 0. The zero-order valence-electron chi connectivity index (χ0n) is 14.4. The van der Waals surface area contributed by atoms with Crippen LogP contribution in [0.25, 0.3) is 0 Å². The van der Waals surface area contributed by atoms with Gasteiger partial charge in [-0.15, -0.1) is 0 Å². The highest BCUT2D eigenvalue weighted by atomic mass is 16.3. The number of hydrogen-bond acceptors (Lipinski definition) is 4. The van der Waals surface area contributed by atoms with Gasteiger partial charge in [-0.3, -0.25) is 14.6 Å². The van der Waals surface area contributed by atoms with Gasteiger partial charge in [0.1, 0.15) is 0 Å². The summed E-state index contributed by atoms with van der Waals surface area (Å²) in [4.78, 5) is 32.4. The maximum absolute atomic E-state index is 12.6. The lowest BCUT2D eigenvalue weighted by molar-refractivity contribution is -0.135. The van der Waals surface area contributed by atoms with Crippen molar-refractivity contribution < 1.29 is 14.0 Å². The topological polar surface area (TPSA) is 66.7 Å². The molecule has 0 saturated carbocycles. The fourth-order valence-corrected chi connectivity index (χ4v) is 3.15. The second kappa shape index (κ2) is 7.96. The molecule has 0 aromatic carbocycles. The number of pyridine rings is 1. The van der Waals surface area contributed by atoms with Crippen LogP contribution in [0.2, 0.25) is 0 Å². The summed E-state index contributed by atoms with van der Waals surface area (Å²) in [6.07, 6.45) is 7.25. The minimum Gasteiger partial charge on any atom is -0.459 e. The van der Waals surface area contributed by atoms with E-state index in [0.717, 1.165) is 6.42 Å². The maximum Gasteiger partial charge on any atom is 0.289 e. The van der Waals surface area contributed by atoms with Crippen molar-refractivity contribution in [2.24, 2.45) is 5.92 Å². The van der Waals surface area contributed by atoms with E-state index in [9.17, 15) is 9.59 Å². The Hall–Kier alpha value is -2.63. The molecule has 0 unspecified atom stereocenters. The molecular weight excluding hydrogens is 318 g/mol. The van der Waals surface area contributed by atoms with Gasteiger partial charge in [-0.1, -0.05) is 0 Å². The first-order valence-corrected chi connectivity index (χ1v) is 8.62. The van der Waals surface area contributed by atoms with Gasteiger partial charge in [-0.2, -0.15) is 0 Å². The molecule has 0 spiro atoms. The summed E-state index contributed by atoms with van der Waals surface area (Å²) in [6.45, 7) is 1.87. The smallest absolute Gasteiger partial charge is 0.289 e. The first-order chi connectivity index (χ1) is 12.1. The lowest BCUT2D eigenvalue weighted by atomic mass is 9.95. The van der Waals surface area contributed by atoms with Crippen molar-refractivity contribution in [1.82, 2.24) is 14.8 Å². The van der Waals surface area contributed by atoms with E-state index in [4.69, 9.17) is 4.42 Å². The van der Waals surface area contributed by atoms with Crippen molar-refractivity contribution in [3.05, 3.63) is 54.2 Å². The van der Waals surface area contributed by atoms with E-state index in [0.29, 0.717) is 38.2 Å². The van der Waals surface area contributed by atoms with E-state index in [2.05, 4.69) is 4.98 Å². The Morgan fingerprint density at radius 3 is 2.60 bits per heavy atom. The zero-order chi connectivity index (χ0) is 17.6. The molecule has 1 aliphatic heterocycles. The molecule has 25 heavy (non-hydrogen) atoms. The van der Waals surface area contributed by atoms with Crippen molar-refractivity contribution in [2.45, 2.75) is 19.3 Å². The lowest BCUT2D eigenvalue weighted by Gasteiger charge is -2.32. The van der Waals surface area contributed by atoms with Crippen LogP contribution in [0, 0.1) is 5.92 Å². The van der Waals surface area contributed by atoms with Gasteiger partial charge < -0.3 is 14.2 Å². The fraction of sp³-hybridized carbons (Fsp3) is 0.421. The first kappa shape index (κ1) is 17.2. The van der Waals surface area contributed by atoms with Gasteiger partial charge in [-0.25, -0.2) is 0 Å². The van der Waals surface area contributed by atoms with Crippen LogP contribution < -0.4 is 0 Å². The zero-order valence-corrected chi connectivity index (χ0v) is 14.4. The number of hydrogen-bond donors (Lipinski definition) is 0. The summed E-state index contributed by atoms with van der Waals surface area (Å²) in [5.74, 6) is 0.420. The molecule has 2 aromatic heterocycles. The molecule has 0 bridgehead atoms. The molecule has 0 atom stereocenters. The number of aromatic nitrogens is 1. The average Bonchev–Trinajstić information content (AvgIpc) is 3.20. The molecule has 6 heteroatoms. The largest absolute Gasteiger partial charge is 0.459 e. The quantitative estimate of drug-likeness (QED) is 0.836. The number of nitrogens with zero attached hydrogens (tertiary/aromatic N) is 3. The van der Waals surface area contributed by atoms with Crippen LogP contribution in [0.15, 0.2) is 47.3 Å². The van der Waals surface area contributed by atoms with Gasteiger partial charge in [-0.05, 0) is 49.1 Å². The van der Waals surface area contributed by atoms with E-state index in [1.807, 2.05) is 19.2 Å². The highest BCUT2D eigenvalue weighted by molar-refractivity contribution is 5.91. The van der Waals surface area contributed by atoms with Gasteiger partial charge in [0.2, 0.25) is 5.91 Å². The monoisotopic (exact) mass is 341 g/mol. The molecule has 6 nitrogen and oxygen atoms in total. The number of amides is 2. The number of piperidine rings is 1. The minimum atomic E-state index is -0.0954. The highest BCUT2D eigenvalue weighted by Gasteiger charge is 2.30. The normalized spacial score (nSPS) is 15.2. The predicted octanol–water partition coefficient (Wildman–Crippen LogP) is 2.23. The van der Waals surface area contributed by atoms with Crippen LogP contribution in [0.4, 0.5) is 0 Å². The fourth-order valence-electron chi connectivity index (χ4n) is 3.15. The molecule has 2 aromatic rings. The Morgan fingerprint density at radius 2 is 1.96 bits per heavy atom. The van der Waals surface area contributed by atoms with E-state index >= 15 is 0 Å². The van der Waals surface area contributed by atoms with Crippen molar-refractivity contribution in [1.29, 1.82) is 0 Å². The summed E-state index contributed by atoms with van der Waals surface area (Å²) < 4.78 is 5.16. The third-order valence-electron chi connectivity index (χ3n) is 4.72. The average molecular weight is 341 g/mol. The Bertz CT molecular complexity index is 692. The predicted molar refractivity (Wildman–Crippen MR) is 92.9 cm³/mol. The Labute approximate surface area is 147 Å². The van der Waals surface area contributed by atoms with Crippen LogP contribution >= 0.6 is 0 Å². The molecular formula is C19H23N3O3. The van der Waals surface area contributed by atoms with E-state index in [1.165, 1.54) is 11.8 Å². The van der Waals surface area contributed by atoms with Crippen LogP contribution in [-0.2, 0) is 11.2 Å². The Morgan fingerprint density at radius 1 is 1.24 bits per heavy atom. The van der Waals surface area contributed by atoms with Crippen molar-refractivity contribution in [3.63, 3.8) is 0 Å². The molecule has 2 amide bonds. The molecule has 132 valence electrons. The number of carbonyl (C=O) groups is 2. The summed E-state index contributed by atoms with van der Waals surface area (Å²) in [7, 11) is 1.85. The van der Waals surface area contributed by atoms with Crippen molar-refractivity contribution in [2.75, 3.05) is 26.7 Å². The van der Waals surface area contributed by atoms with Gasteiger partial charge in [0.15, 0.2) is 5.76 Å². The second-order valence-electron chi connectivity index (χ2n) is 6.41. The number of carbonyl (C=O) groups excluding carboxylic acids is 2. The van der Waals surface area contributed by atoms with Crippen molar-refractivity contribution >= 4 is 11.8 Å². The number of likely N-dealkylation sites (tertiary alicyclic amines) is 1. The van der Waals surface area contributed by atoms with E-state index in [1.54, 1.807) is 34.3 Å². The van der Waals surface area contributed by atoms with Gasteiger partial charge in [0.05, 0.1) is 6.26 Å². The van der Waals surface area contributed by atoms with Gasteiger partial charge in [0.25, 0.3) is 5.91 Å². The number of rotatable bonds is 5. The van der Waals surface area contributed by atoms with Gasteiger partial charge in [0, 0.05) is 45.0 Å². The van der Waals surface area contributed by atoms with Crippen LogP contribution in [0.3, 0.4) is 0 Å². The summed E-state index contributed by atoms with van der Waals surface area (Å²) in [5.41, 5.74) is 1.17. The third kappa shape index (κ3) is 4.26. The molecule has 1 fully saturated rings. The van der Waals surface area contributed by atoms with E-state index < -0.39 is 0 Å². The summed E-state index contributed by atoms with van der Waals surface area (Å²) >= 11 is 0. The van der Waals surface area contributed by atoms with Crippen LogP contribution in [0.5, 0.6) is 0 Å². The Balaban J connectivity index is 1.47. The maximum atomic E-state index is 12.6. The minimum absolute atomic E-state index is 0.0110. The molecule has 0 aliphatic carbocycles. The van der Waals surface area contributed by atoms with Crippen LogP contribution in [0.1, 0.15) is 29.0 Å². The van der Waals surface area contributed by atoms with Crippen molar-refractivity contribution in [3.8, 4) is 0 Å². The summed E-state index contributed by atoms with van der Waals surface area (Å²) in [6, 6.07) is 7.32. The van der Waals surface area contributed by atoms with E-state index in [-0.39, 0.29) is 17.7 Å². The standard InChI is InChI=1S/C19H23N3O3/c1-21(11-6-15-4-9-20-10-5-15)18(23)16-7-12-22(13-8-16)19(24)17-3-2-14-25-17/h2-5,9-10,14,16H,6-8,11-13H2,1H3. The third-order valence-corrected chi connectivity index (χ3v) is 4.72. The molecule has 0 radical (unpaired) electrons. The lowest BCUT2D eigenvalue weighted by Crippen LogP contribution is -2.43. The van der Waals surface area contributed by atoms with Crippen LogP contribution in [-0.4, -0.2) is 53.3 Å². The molecule has 3 rings (SSSR count). The second-order valence-corrected chi connectivity index (χ2v) is 6.41. The number of furan rings is 1. The molecule has 3 heterocycles. The highest BCUT2D eigenvalue weighted by Crippen LogP contribution is 2.21. The van der Waals surface area contributed by atoms with Gasteiger partial charge >= 0.3 is 0 Å². The SMILES string of the molecule is CN(CCc1ccncc1)C(=O)C1CCN(C(=O)c2ccco2)CC1. The molecule has 0 N–H and O–H groups in total. The number of likely N-dealkylation sites (N-methyl/N-ethyl adjacent to an activating group) is 1. The Kier molecular flexibility index (Phi) is 5.48. The first-order valence-electron chi connectivity index (χ1n) is 8.62.